The van der Waals surface area contributed by atoms with Crippen LogP contribution in [0.15, 0.2) is 12.3 Å². The third-order valence-corrected chi connectivity index (χ3v) is 3.07. The summed E-state index contributed by atoms with van der Waals surface area (Å²) in [7, 11) is 3.44. The van der Waals surface area contributed by atoms with Crippen molar-refractivity contribution in [2.45, 2.75) is 12.0 Å². The van der Waals surface area contributed by atoms with Gasteiger partial charge in [0, 0.05) is 45.1 Å². The van der Waals surface area contributed by atoms with Crippen LogP contribution in [0, 0.1) is 0 Å². The average Bonchev–Trinajstić information content (AvgIpc) is 2.87. The first-order valence-electron chi connectivity index (χ1n) is 5.69. The molecule has 1 aliphatic heterocycles. The smallest absolute Gasteiger partial charge is 0.246 e. The molecule has 1 amide bonds. The molecule has 2 atom stereocenters. The molecule has 0 spiro atoms. The van der Waals surface area contributed by atoms with Crippen molar-refractivity contribution in [1.29, 1.82) is 0 Å². The maximum Gasteiger partial charge on any atom is 0.246 e. The summed E-state index contributed by atoms with van der Waals surface area (Å²) in [5.41, 5.74) is 1.14. The molecule has 94 valence electrons. The van der Waals surface area contributed by atoms with E-state index in [1.165, 1.54) is 7.11 Å². The molecule has 1 aromatic rings. The zero-order valence-corrected chi connectivity index (χ0v) is 10.1. The number of hydrogen-bond donors (Lipinski definition) is 2. The first kappa shape index (κ1) is 12.1. The van der Waals surface area contributed by atoms with Crippen molar-refractivity contribution in [2.24, 2.45) is 7.05 Å². The summed E-state index contributed by atoms with van der Waals surface area (Å²) in [6.45, 7) is 1.75. The number of nitrogens with zero attached hydrogens (tertiary/aromatic N) is 2. The third kappa shape index (κ3) is 2.65. The number of aryl methyl sites for hydroxylation is 1. The number of carbonyl (C=O) groups is 1. The fourth-order valence-corrected chi connectivity index (χ4v) is 2.27. The Morgan fingerprint density at radius 1 is 1.71 bits per heavy atom. The Kier molecular flexibility index (Phi) is 3.75. The predicted molar refractivity (Wildman–Crippen MR) is 62.6 cm³/mol. The number of ether oxygens (including phenoxy) is 1. The second-order valence-electron chi connectivity index (χ2n) is 4.25. The summed E-state index contributed by atoms with van der Waals surface area (Å²) < 4.78 is 6.67. The van der Waals surface area contributed by atoms with Gasteiger partial charge in [-0.25, -0.2) is 0 Å². The normalized spacial score (nSPS) is 23.9. The zero-order chi connectivity index (χ0) is 12.3. The molecule has 2 N–H and O–H groups in total. The molecule has 6 heteroatoms. The minimum atomic E-state index is -0.0756. The molecule has 1 aliphatic rings. The van der Waals surface area contributed by atoms with Crippen molar-refractivity contribution in [1.82, 2.24) is 20.4 Å². The number of nitrogens with one attached hydrogen (secondary N) is 2. The molecule has 0 aliphatic carbocycles. The van der Waals surface area contributed by atoms with Crippen LogP contribution >= 0.6 is 0 Å². The molecule has 1 aromatic heterocycles. The van der Waals surface area contributed by atoms with Crippen LogP contribution < -0.4 is 10.6 Å². The first-order chi connectivity index (χ1) is 8.22. The molecular formula is C11H18N4O2. The fourth-order valence-electron chi connectivity index (χ4n) is 2.27. The highest BCUT2D eigenvalue weighted by Crippen LogP contribution is 2.21. The first-order valence-corrected chi connectivity index (χ1v) is 5.69. The van der Waals surface area contributed by atoms with E-state index in [2.05, 4.69) is 15.7 Å². The Bertz CT molecular complexity index is 391. The van der Waals surface area contributed by atoms with Gasteiger partial charge in [0.25, 0.3) is 0 Å². The largest absolute Gasteiger partial charge is 0.375 e. The molecule has 2 rings (SSSR count). The van der Waals surface area contributed by atoms with Crippen LogP contribution in [-0.4, -0.2) is 48.5 Å². The number of rotatable bonds is 4. The van der Waals surface area contributed by atoms with Gasteiger partial charge in [-0.1, -0.05) is 0 Å². The minimum absolute atomic E-state index is 0.0756. The van der Waals surface area contributed by atoms with E-state index in [4.69, 9.17) is 4.74 Å². The van der Waals surface area contributed by atoms with Crippen molar-refractivity contribution in [3.63, 3.8) is 0 Å². The maximum atomic E-state index is 11.5. The van der Waals surface area contributed by atoms with Gasteiger partial charge in [0.2, 0.25) is 5.91 Å². The lowest BCUT2D eigenvalue weighted by atomic mass is 9.99. The van der Waals surface area contributed by atoms with E-state index in [9.17, 15) is 4.79 Å². The van der Waals surface area contributed by atoms with Crippen LogP contribution in [0.1, 0.15) is 11.6 Å². The Balaban J connectivity index is 2.03. The van der Waals surface area contributed by atoms with E-state index in [1.54, 1.807) is 6.20 Å². The number of amides is 1. The summed E-state index contributed by atoms with van der Waals surface area (Å²) in [4.78, 5) is 11.5. The van der Waals surface area contributed by atoms with Crippen LogP contribution in [0.25, 0.3) is 0 Å². The Morgan fingerprint density at radius 3 is 3.18 bits per heavy atom. The van der Waals surface area contributed by atoms with Gasteiger partial charge >= 0.3 is 0 Å². The number of aromatic nitrogens is 2. The SMILES string of the molecule is COCC(=O)NC1CNCC1c1ccnn1C. The van der Waals surface area contributed by atoms with E-state index >= 15 is 0 Å². The van der Waals surface area contributed by atoms with Crippen molar-refractivity contribution >= 4 is 5.91 Å². The monoisotopic (exact) mass is 238 g/mol. The van der Waals surface area contributed by atoms with E-state index in [0.717, 1.165) is 18.8 Å². The molecular weight excluding hydrogens is 220 g/mol. The molecule has 0 saturated carbocycles. The second-order valence-corrected chi connectivity index (χ2v) is 4.25. The summed E-state index contributed by atoms with van der Waals surface area (Å²) >= 11 is 0. The van der Waals surface area contributed by atoms with Gasteiger partial charge in [0.1, 0.15) is 6.61 Å². The van der Waals surface area contributed by atoms with E-state index < -0.39 is 0 Å². The molecule has 0 bridgehead atoms. The second kappa shape index (κ2) is 5.29. The topological polar surface area (TPSA) is 68.2 Å². The zero-order valence-electron chi connectivity index (χ0n) is 10.1. The van der Waals surface area contributed by atoms with Crippen molar-refractivity contribution in [3.8, 4) is 0 Å². The number of methoxy groups -OCH3 is 1. The molecule has 0 radical (unpaired) electrons. The highest BCUT2D eigenvalue weighted by Gasteiger charge is 2.31. The minimum Gasteiger partial charge on any atom is -0.375 e. The Morgan fingerprint density at radius 2 is 2.53 bits per heavy atom. The Labute approximate surface area is 100 Å². The predicted octanol–water partition coefficient (Wildman–Crippen LogP) is -0.762. The van der Waals surface area contributed by atoms with Crippen LogP contribution in [0.2, 0.25) is 0 Å². The fraction of sp³-hybridized carbons (Fsp3) is 0.636. The molecule has 1 fully saturated rings. The summed E-state index contributed by atoms with van der Waals surface area (Å²) in [6.07, 6.45) is 1.78. The van der Waals surface area contributed by atoms with Gasteiger partial charge in [-0.05, 0) is 6.07 Å². The summed E-state index contributed by atoms with van der Waals surface area (Å²) in [5, 5.41) is 10.4. The van der Waals surface area contributed by atoms with Crippen LogP contribution in [0.3, 0.4) is 0 Å². The van der Waals surface area contributed by atoms with Gasteiger partial charge in [-0.15, -0.1) is 0 Å². The van der Waals surface area contributed by atoms with Gasteiger partial charge in [0.15, 0.2) is 0 Å². The van der Waals surface area contributed by atoms with Crippen molar-refractivity contribution in [3.05, 3.63) is 18.0 Å². The van der Waals surface area contributed by atoms with Crippen molar-refractivity contribution in [2.75, 3.05) is 26.8 Å². The highest BCUT2D eigenvalue weighted by molar-refractivity contribution is 5.77. The van der Waals surface area contributed by atoms with Crippen LogP contribution in [0.4, 0.5) is 0 Å². The lowest BCUT2D eigenvalue weighted by molar-refractivity contribution is -0.125. The maximum absolute atomic E-state index is 11.5. The molecule has 1 saturated heterocycles. The standard InChI is InChI=1S/C11H18N4O2/c1-15-10(3-4-13-15)8-5-12-6-9(8)14-11(16)7-17-2/h3-4,8-9,12H,5-7H2,1-2H3,(H,14,16). The van der Waals surface area contributed by atoms with Gasteiger partial charge in [-0.3, -0.25) is 9.48 Å². The van der Waals surface area contributed by atoms with Crippen LogP contribution in [-0.2, 0) is 16.6 Å². The van der Waals surface area contributed by atoms with Gasteiger partial charge < -0.3 is 15.4 Å². The van der Waals surface area contributed by atoms with E-state index in [-0.39, 0.29) is 24.5 Å². The van der Waals surface area contributed by atoms with Crippen molar-refractivity contribution < 1.29 is 9.53 Å². The number of hydrogen-bond acceptors (Lipinski definition) is 4. The lowest BCUT2D eigenvalue weighted by Crippen LogP contribution is -2.41. The third-order valence-electron chi connectivity index (χ3n) is 3.07. The number of carbonyl (C=O) groups excluding carboxylic acids is 1. The molecule has 2 unspecified atom stereocenters. The molecule has 17 heavy (non-hydrogen) atoms. The average molecular weight is 238 g/mol. The van der Waals surface area contributed by atoms with E-state index in [0.29, 0.717) is 0 Å². The quantitative estimate of drug-likeness (QED) is 0.723. The Hall–Kier alpha value is -1.40. The van der Waals surface area contributed by atoms with Gasteiger partial charge in [-0.2, -0.15) is 5.10 Å². The molecule has 2 heterocycles. The van der Waals surface area contributed by atoms with Crippen LogP contribution in [0.5, 0.6) is 0 Å². The molecule has 6 nitrogen and oxygen atoms in total. The van der Waals surface area contributed by atoms with Gasteiger partial charge in [0.05, 0.1) is 6.04 Å². The highest BCUT2D eigenvalue weighted by atomic mass is 16.5. The van der Waals surface area contributed by atoms with E-state index in [1.807, 2.05) is 17.8 Å². The summed E-state index contributed by atoms with van der Waals surface area (Å²) in [6, 6.07) is 2.10. The molecule has 0 aromatic carbocycles. The lowest BCUT2D eigenvalue weighted by Gasteiger charge is -2.20. The summed E-state index contributed by atoms with van der Waals surface area (Å²) in [5.74, 6) is 0.191.